The van der Waals surface area contributed by atoms with Gasteiger partial charge in [0.05, 0.1) is 0 Å². The van der Waals surface area contributed by atoms with Gasteiger partial charge in [-0.15, -0.1) is 0 Å². The van der Waals surface area contributed by atoms with Gasteiger partial charge in [-0.2, -0.15) is 0 Å². The van der Waals surface area contributed by atoms with Gasteiger partial charge in [-0.05, 0) is 24.0 Å². The van der Waals surface area contributed by atoms with E-state index in [0.29, 0.717) is 5.92 Å². The molecule has 1 N–H and O–H groups in total. The van der Waals surface area contributed by atoms with Crippen LogP contribution in [0.3, 0.4) is 0 Å². The van der Waals surface area contributed by atoms with Crippen molar-refractivity contribution in [2.75, 3.05) is 0 Å². The summed E-state index contributed by atoms with van der Waals surface area (Å²) in [4.78, 5) is 22.7. The number of carboxylic acid groups (broad SMARTS) is 1. The predicted molar refractivity (Wildman–Crippen MR) is 91.0 cm³/mol. The number of rotatable bonds is 10. The smallest absolute Gasteiger partial charge is 0.339 e. The summed E-state index contributed by atoms with van der Waals surface area (Å²) in [7, 11) is 0. The molecule has 0 aromatic heterocycles. The van der Waals surface area contributed by atoms with Crippen LogP contribution in [0.25, 0.3) is 0 Å². The van der Waals surface area contributed by atoms with Crippen molar-refractivity contribution in [3.05, 3.63) is 29.3 Å². The lowest BCUT2D eigenvalue weighted by atomic mass is 9.89. The number of carboxylic acids is 1. The third-order valence-electron chi connectivity index (χ3n) is 3.99. The zero-order chi connectivity index (χ0) is 17.2. The van der Waals surface area contributed by atoms with E-state index in [1.54, 1.807) is 6.07 Å². The van der Waals surface area contributed by atoms with Crippen LogP contribution >= 0.6 is 0 Å². The van der Waals surface area contributed by atoms with E-state index in [2.05, 4.69) is 13.8 Å². The molecule has 1 unspecified atom stereocenters. The maximum atomic E-state index is 11.4. The average molecular weight is 320 g/mol. The number of esters is 1. The molecule has 0 spiro atoms. The molecule has 4 nitrogen and oxygen atoms in total. The first-order valence-corrected chi connectivity index (χ1v) is 8.53. The van der Waals surface area contributed by atoms with Crippen molar-refractivity contribution in [1.29, 1.82) is 0 Å². The zero-order valence-electron chi connectivity index (χ0n) is 14.4. The number of unbranched alkanes of at least 4 members (excludes halogenated alkanes) is 2. The highest BCUT2D eigenvalue weighted by molar-refractivity contribution is 5.92. The SMILES string of the molecule is CCCCCC(CCC)Cc1cccc(C(=O)O)c1OC(C)=O. The van der Waals surface area contributed by atoms with Crippen LogP contribution in [-0.2, 0) is 11.2 Å². The second-order valence-electron chi connectivity index (χ2n) is 6.05. The quantitative estimate of drug-likeness (QED) is 0.380. The fourth-order valence-electron chi connectivity index (χ4n) is 2.93. The Bertz CT molecular complexity index is 522. The molecule has 1 aromatic rings. The molecule has 0 amide bonds. The lowest BCUT2D eigenvalue weighted by Crippen LogP contribution is -2.12. The molecular formula is C19H28O4. The molecule has 23 heavy (non-hydrogen) atoms. The van der Waals surface area contributed by atoms with E-state index in [1.165, 1.54) is 32.3 Å². The highest BCUT2D eigenvalue weighted by atomic mass is 16.5. The summed E-state index contributed by atoms with van der Waals surface area (Å²) in [6.07, 6.45) is 7.65. The number of carbonyl (C=O) groups excluding carboxylic acids is 1. The maximum Gasteiger partial charge on any atom is 0.339 e. The summed E-state index contributed by atoms with van der Waals surface area (Å²) in [6, 6.07) is 5.07. The Morgan fingerprint density at radius 2 is 1.87 bits per heavy atom. The van der Waals surface area contributed by atoms with Crippen molar-refractivity contribution in [3.63, 3.8) is 0 Å². The molecule has 0 saturated carbocycles. The van der Waals surface area contributed by atoms with Crippen LogP contribution in [0.1, 0.15) is 75.2 Å². The van der Waals surface area contributed by atoms with E-state index in [-0.39, 0.29) is 11.3 Å². The molecule has 0 aliphatic carbocycles. The lowest BCUT2D eigenvalue weighted by molar-refractivity contribution is -0.131. The molecule has 1 aromatic carbocycles. The Morgan fingerprint density at radius 3 is 2.43 bits per heavy atom. The van der Waals surface area contributed by atoms with Crippen molar-refractivity contribution in [2.24, 2.45) is 5.92 Å². The number of hydrogen-bond acceptors (Lipinski definition) is 3. The van der Waals surface area contributed by atoms with Crippen LogP contribution in [0, 0.1) is 5.92 Å². The first kappa shape index (κ1) is 19.2. The monoisotopic (exact) mass is 320 g/mol. The molecular weight excluding hydrogens is 292 g/mol. The highest BCUT2D eigenvalue weighted by Gasteiger charge is 2.19. The van der Waals surface area contributed by atoms with Gasteiger partial charge >= 0.3 is 11.9 Å². The van der Waals surface area contributed by atoms with Crippen LogP contribution in [0.15, 0.2) is 18.2 Å². The molecule has 1 rings (SSSR count). The molecule has 128 valence electrons. The number of ether oxygens (including phenoxy) is 1. The predicted octanol–water partition coefficient (Wildman–Crippen LogP) is 4.85. The molecule has 0 saturated heterocycles. The second-order valence-corrected chi connectivity index (χ2v) is 6.05. The third-order valence-corrected chi connectivity index (χ3v) is 3.99. The molecule has 0 fully saturated rings. The number of aromatic carboxylic acids is 1. The summed E-state index contributed by atoms with van der Waals surface area (Å²) in [5.41, 5.74) is 0.872. The Kier molecular flexibility index (Phi) is 8.38. The molecule has 1 atom stereocenters. The lowest BCUT2D eigenvalue weighted by Gasteiger charge is -2.19. The summed E-state index contributed by atoms with van der Waals surface area (Å²) in [6.45, 7) is 5.64. The Balaban J connectivity index is 3.00. The molecule has 0 radical (unpaired) electrons. The number of carbonyl (C=O) groups is 2. The van der Waals surface area contributed by atoms with Gasteiger partial charge in [-0.3, -0.25) is 4.79 Å². The Morgan fingerprint density at radius 1 is 1.13 bits per heavy atom. The largest absolute Gasteiger partial charge is 0.478 e. The van der Waals surface area contributed by atoms with Gasteiger partial charge < -0.3 is 9.84 Å². The van der Waals surface area contributed by atoms with Gasteiger partial charge in [0.1, 0.15) is 11.3 Å². The van der Waals surface area contributed by atoms with Crippen LogP contribution in [0.5, 0.6) is 5.75 Å². The molecule has 0 aliphatic rings. The fourth-order valence-corrected chi connectivity index (χ4v) is 2.93. The second kappa shape index (κ2) is 10.0. The summed E-state index contributed by atoms with van der Waals surface area (Å²) in [5.74, 6) is -0.854. The van der Waals surface area contributed by atoms with Crippen LogP contribution in [0.2, 0.25) is 0 Å². The van der Waals surface area contributed by atoms with Gasteiger partial charge in [0.25, 0.3) is 0 Å². The van der Waals surface area contributed by atoms with Crippen molar-refractivity contribution in [2.45, 2.75) is 65.7 Å². The fraction of sp³-hybridized carbons (Fsp3) is 0.579. The van der Waals surface area contributed by atoms with Crippen molar-refractivity contribution >= 4 is 11.9 Å². The van der Waals surface area contributed by atoms with Crippen molar-refractivity contribution in [3.8, 4) is 5.75 Å². The molecule has 4 heteroatoms. The molecule has 0 heterocycles. The van der Waals surface area contributed by atoms with Gasteiger partial charge in [0, 0.05) is 6.92 Å². The van der Waals surface area contributed by atoms with Gasteiger partial charge in [-0.1, -0.05) is 64.5 Å². The number of hydrogen-bond donors (Lipinski definition) is 1. The molecule has 0 aliphatic heterocycles. The van der Waals surface area contributed by atoms with E-state index in [9.17, 15) is 14.7 Å². The minimum Gasteiger partial charge on any atom is -0.478 e. The summed E-state index contributed by atoms with van der Waals surface area (Å²) in [5, 5.41) is 9.32. The highest BCUT2D eigenvalue weighted by Crippen LogP contribution is 2.30. The summed E-state index contributed by atoms with van der Waals surface area (Å²) < 4.78 is 5.22. The topological polar surface area (TPSA) is 63.6 Å². The standard InChI is InChI=1S/C19H28O4/c1-4-6-7-10-15(9-5-2)13-16-11-8-12-17(19(21)22)18(16)23-14(3)20/h8,11-12,15H,4-7,9-10,13H2,1-3H3,(H,21,22). The van der Waals surface area contributed by atoms with Crippen molar-refractivity contribution in [1.82, 2.24) is 0 Å². The Labute approximate surface area is 138 Å². The van der Waals surface area contributed by atoms with Crippen LogP contribution < -0.4 is 4.74 Å². The first-order chi connectivity index (χ1) is 11.0. The number of benzene rings is 1. The van der Waals surface area contributed by atoms with Gasteiger partial charge in [0.2, 0.25) is 0 Å². The van der Waals surface area contributed by atoms with Crippen LogP contribution in [-0.4, -0.2) is 17.0 Å². The zero-order valence-corrected chi connectivity index (χ0v) is 14.4. The van der Waals surface area contributed by atoms with E-state index in [4.69, 9.17) is 4.74 Å². The van der Waals surface area contributed by atoms with Crippen molar-refractivity contribution < 1.29 is 19.4 Å². The third kappa shape index (κ3) is 6.43. The Hall–Kier alpha value is -1.84. The van der Waals surface area contributed by atoms with Gasteiger partial charge in [0.15, 0.2) is 0 Å². The first-order valence-electron chi connectivity index (χ1n) is 8.53. The number of para-hydroxylation sites is 1. The average Bonchev–Trinajstić information content (AvgIpc) is 2.48. The van der Waals surface area contributed by atoms with Crippen LogP contribution in [0.4, 0.5) is 0 Å². The normalized spacial score (nSPS) is 12.0. The van der Waals surface area contributed by atoms with Gasteiger partial charge in [-0.25, -0.2) is 4.79 Å². The van der Waals surface area contributed by atoms with E-state index in [0.717, 1.165) is 31.2 Å². The minimum atomic E-state index is -1.07. The minimum absolute atomic E-state index is 0.0570. The van der Waals surface area contributed by atoms with E-state index >= 15 is 0 Å². The molecule has 0 bridgehead atoms. The maximum absolute atomic E-state index is 11.4. The van der Waals surface area contributed by atoms with E-state index < -0.39 is 11.9 Å². The summed E-state index contributed by atoms with van der Waals surface area (Å²) >= 11 is 0. The van der Waals surface area contributed by atoms with E-state index in [1.807, 2.05) is 6.07 Å².